The van der Waals surface area contributed by atoms with Crippen molar-refractivity contribution >= 4 is 0 Å². The summed E-state index contributed by atoms with van der Waals surface area (Å²) >= 11 is 0. The molecule has 3 N–H and O–H groups in total. The van der Waals surface area contributed by atoms with Crippen molar-refractivity contribution in [1.82, 2.24) is 0 Å². The lowest BCUT2D eigenvalue weighted by Crippen LogP contribution is -2.00. The molecule has 53 valence electrons. The minimum absolute atomic E-state index is 0.0568. The van der Waals surface area contributed by atoms with E-state index >= 15 is 0 Å². The van der Waals surface area contributed by atoms with Crippen LogP contribution in [-0.4, -0.2) is 5.11 Å². The molecule has 2 heteroatoms. The van der Waals surface area contributed by atoms with Crippen LogP contribution in [0.4, 0.5) is 0 Å². The lowest BCUT2D eigenvalue weighted by molar-refractivity contribution is 0.280. The molecule has 0 fully saturated rings. The van der Waals surface area contributed by atoms with Gasteiger partial charge in [-0.2, -0.15) is 0 Å². The van der Waals surface area contributed by atoms with Gasteiger partial charge in [-0.05, 0) is 23.3 Å². The van der Waals surface area contributed by atoms with E-state index < -0.39 is 0 Å². The molecular formula is C8H10NO. The summed E-state index contributed by atoms with van der Waals surface area (Å²) in [6.45, 7) is 0.522. The Labute approximate surface area is 60.3 Å². The van der Waals surface area contributed by atoms with Crippen LogP contribution in [0, 0.1) is 6.07 Å². The summed E-state index contributed by atoms with van der Waals surface area (Å²) < 4.78 is 0. The van der Waals surface area contributed by atoms with E-state index in [-0.39, 0.29) is 6.61 Å². The van der Waals surface area contributed by atoms with Crippen LogP contribution in [0.25, 0.3) is 0 Å². The Bertz CT molecular complexity index is 187. The van der Waals surface area contributed by atoms with Gasteiger partial charge in [-0.15, -0.1) is 0 Å². The minimum Gasteiger partial charge on any atom is -0.392 e. The van der Waals surface area contributed by atoms with E-state index in [1.165, 1.54) is 0 Å². The molecule has 0 aliphatic carbocycles. The van der Waals surface area contributed by atoms with Crippen molar-refractivity contribution in [3.05, 3.63) is 35.4 Å². The summed E-state index contributed by atoms with van der Waals surface area (Å²) in [5.74, 6) is 0. The standard InChI is InChI=1S/C8H10NO/c9-5-7-3-1-2-4-8(7)6-10/h2-4,10H,5-6,9H2. The topological polar surface area (TPSA) is 46.2 Å². The fraction of sp³-hybridized carbons (Fsp3) is 0.250. The van der Waals surface area contributed by atoms with Gasteiger partial charge < -0.3 is 10.8 Å². The van der Waals surface area contributed by atoms with Gasteiger partial charge >= 0.3 is 0 Å². The number of benzene rings is 1. The predicted molar refractivity (Wildman–Crippen MR) is 39.1 cm³/mol. The first-order valence-electron chi connectivity index (χ1n) is 3.17. The van der Waals surface area contributed by atoms with Gasteiger partial charge in [0.2, 0.25) is 0 Å². The van der Waals surface area contributed by atoms with E-state index in [0.717, 1.165) is 11.1 Å². The van der Waals surface area contributed by atoms with E-state index in [9.17, 15) is 0 Å². The molecule has 0 spiro atoms. The van der Waals surface area contributed by atoms with Gasteiger partial charge in [0.25, 0.3) is 0 Å². The maximum absolute atomic E-state index is 8.78. The van der Waals surface area contributed by atoms with E-state index in [1.54, 1.807) is 12.1 Å². The highest BCUT2D eigenvalue weighted by molar-refractivity contribution is 5.25. The van der Waals surface area contributed by atoms with Crippen LogP contribution in [-0.2, 0) is 13.2 Å². The SMILES string of the molecule is NCc1c[c]ccc1CO. The lowest BCUT2D eigenvalue weighted by atomic mass is 10.1. The number of rotatable bonds is 2. The number of hydrogen-bond donors (Lipinski definition) is 2. The summed E-state index contributed by atoms with van der Waals surface area (Å²) in [5.41, 5.74) is 7.25. The van der Waals surface area contributed by atoms with Gasteiger partial charge in [-0.25, -0.2) is 0 Å². The van der Waals surface area contributed by atoms with Crippen molar-refractivity contribution < 1.29 is 5.11 Å². The average Bonchev–Trinajstić information content (AvgIpc) is 2.04. The monoisotopic (exact) mass is 136 g/mol. The molecule has 0 unspecified atom stereocenters. The summed E-state index contributed by atoms with van der Waals surface area (Å²) in [4.78, 5) is 0. The van der Waals surface area contributed by atoms with Crippen molar-refractivity contribution in [3.8, 4) is 0 Å². The molecule has 0 aliphatic rings. The third kappa shape index (κ3) is 1.35. The largest absolute Gasteiger partial charge is 0.392 e. The summed E-state index contributed by atoms with van der Waals surface area (Å²) in [6.07, 6.45) is 0. The first-order valence-corrected chi connectivity index (χ1v) is 3.17. The minimum atomic E-state index is 0.0568. The molecule has 0 saturated heterocycles. The lowest BCUT2D eigenvalue weighted by Gasteiger charge is -2.01. The number of hydrogen-bond acceptors (Lipinski definition) is 2. The highest BCUT2D eigenvalue weighted by atomic mass is 16.3. The van der Waals surface area contributed by atoms with Crippen LogP contribution < -0.4 is 5.73 Å². The van der Waals surface area contributed by atoms with E-state index in [2.05, 4.69) is 6.07 Å². The van der Waals surface area contributed by atoms with Crippen LogP contribution in [0.15, 0.2) is 18.2 Å². The molecule has 0 atom stereocenters. The summed E-state index contributed by atoms with van der Waals surface area (Å²) in [5, 5.41) is 8.78. The molecule has 1 aromatic carbocycles. The predicted octanol–water partition coefficient (Wildman–Crippen LogP) is 0.438. The first kappa shape index (κ1) is 7.25. The van der Waals surface area contributed by atoms with Crippen molar-refractivity contribution in [2.24, 2.45) is 5.73 Å². The summed E-state index contributed by atoms with van der Waals surface area (Å²) in [6, 6.07) is 8.28. The molecule has 0 amide bonds. The molecule has 1 radical (unpaired) electrons. The Balaban J connectivity index is 2.96. The van der Waals surface area contributed by atoms with Gasteiger partial charge in [0, 0.05) is 6.54 Å². The Morgan fingerprint density at radius 3 is 2.80 bits per heavy atom. The second kappa shape index (κ2) is 3.34. The molecule has 1 rings (SSSR count). The number of nitrogens with two attached hydrogens (primary N) is 1. The Morgan fingerprint density at radius 2 is 2.30 bits per heavy atom. The zero-order valence-corrected chi connectivity index (χ0v) is 5.67. The molecule has 0 aromatic heterocycles. The fourth-order valence-corrected chi connectivity index (χ4v) is 0.841. The van der Waals surface area contributed by atoms with E-state index in [1.807, 2.05) is 6.07 Å². The molecule has 0 bridgehead atoms. The highest BCUT2D eigenvalue weighted by Gasteiger charge is 1.95. The molecule has 0 aliphatic heterocycles. The third-order valence-corrected chi connectivity index (χ3v) is 1.44. The zero-order valence-electron chi connectivity index (χ0n) is 5.67. The van der Waals surface area contributed by atoms with Gasteiger partial charge in [-0.3, -0.25) is 0 Å². The third-order valence-electron chi connectivity index (χ3n) is 1.44. The van der Waals surface area contributed by atoms with E-state index in [0.29, 0.717) is 6.54 Å². The molecule has 1 aromatic rings. The quantitative estimate of drug-likeness (QED) is 0.619. The van der Waals surface area contributed by atoms with Crippen molar-refractivity contribution in [1.29, 1.82) is 0 Å². The van der Waals surface area contributed by atoms with E-state index in [4.69, 9.17) is 10.8 Å². The maximum atomic E-state index is 8.78. The molecular weight excluding hydrogens is 126 g/mol. The molecule has 0 saturated carbocycles. The molecule has 10 heavy (non-hydrogen) atoms. The Kier molecular flexibility index (Phi) is 2.42. The number of aliphatic hydroxyl groups is 1. The van der Waals surface area contributed by atoms with Crippen molar-refractivity contribution in [3.63, 3.8) is 0 Å². The smallest absolute Gasteiger partial charge is 0.0685 e. The van der Waals surface area contributed by atoms with Crippen LogP contribution in [0.2, 0.25) is 0 Å². The zero-order chi connectivity index (χ0) is 7.40. The molecule has 2 nitrogen and oxygen atoms in total. The second-order valence-electron chi connectivity index (χ2n) is 2.06. The number of aliphatic hydroxyl groups excluding tert-OH is 1. The second-order valence-corrected chi connectivity index (χ2v) is 2.06. The highest BCUT2D eigenvalue weighted by Crippen LogP contribution is 2.05. The first-order chi connectivity index (χ1) is 4.88. The average molecular weight is 136 g/mol. The van der Waals surface area contributed by atoms with Crippen molar-refractivity contribution in [2.75, 3.05) is 0 Å². The van der Waals surface area contributed by atoms with Crippen LogP contribution in [0.3, 0.4) is 0 Å². The normalized spacial score (nSPS) is 9.80. The van der Waals surface area contributed by atoms with Gasteiger partial charge in [0.1, 0.15) is 0 Å². The van der Waals surface area contributed by atoms with Gasteiger partial charge in [-0.1, -0.05) is 12.1 Å². The maximum Gasteiger partial charge on any atom is 0.0685 e. The molecule has 0 heterocycles. The summed E-state index contributed by atoms with van der Waals surface area (Å²) in [7, 11) is 0. The Morgan fingerprint density at radius 1 is 1.50 bits per heavy atom. The van der Waals surface area contributed by atoms with Crippen LogP contribution in [0.1, 0.15) is 11.1 Å². The fourth-order valence-electron chi connectivity index (χ4n) is 0.841. The van der Waals surface area contributed by atoms with Gasteiger partial charge in [0.15, 0.2) is 0 Å². The van der Waals surface area contributed by atoms with Crippen LogP contribution >= 0.6 is 0 Å². The van der Waals surface area contributed by atoms with Crippen LogP contribution in [0.5, 0.6) is 0 Å². The van der Waals surface area contributed by atoms with Gasteiger partial charge in [0.05, 0.1) is 6.61 Å². The van der Waals surface area contributed by atoms with Crippen molar-refractivity contribution in [2.45, 2.75) is 13.2 Å². The Hall–Kier alpha value is -0.860.